The molecular formula is C18H18O. The Bertz CT molecular complexity index is 499. The molecule has 0 unspecified atom stereocenters. The molecule has 0 saturated heterocycles. The molecule has 0 aliphatic heterocycles. The highest BCUT2D eigenvalue weighted by Gasteiger charge is 2.05. The molecule has 0 fully saturated rings. The third kappa shape index (κ3) is 3.67. The number of aliphatic hydroxyl groups is 1. The Morgan fingerprint density at radius 3 is 1.84 bits per heavy atom. The molecule has 0 spiro atoms. The van der Waals surface area contributed by atoms with E-state index in [-0.39, 0.29) is 0 Å². The average Bonchev–Trinajstić information content (AvgIpc) is 2.49. The molecule has 0 aliphatic rings. The van der Waals surface area contributed by atoms with Crippen molar-refractivity contribution in [2.45, 2.75) is 12.5 Å². The summed E-state index contributed by atoms with van der Waals surface area (Å²) in [6.07, 6.45) is 3.70. The largest absolute Gasteiger partial charge is 0.389 e. The van der Waals surface area contributed by atoms with Crippen molar-refractivity contribution in [3.8, 4) is 0 Å². The molecule has 0 aromatic heterocycles. The van der Waals surface area contributed by atoms with E-state index < -0.39 is 6.10 Å². The average molecular weight is 250 g/mol. The van der Waals surface area contributed by atoms with Crippen LogP contribution in [-0.2, 0) is 0 Å². The minimum absolute atomic E-state index is 0.498. The van der Waals surface area contributed by atoms with Gasteiger partial charge in [-0.15, -0.1) is 6.58 Å². The summed E-state index contributed by atoms with van der Waals surface area (Å²) in [5, 5.41) is 9.64. The molecule has 0 bridgehead atoms. The second-order valence-corrected chi connectivity index (χ2v) is 4.39. The first-order chi connectivity index (χ1) is 9.31. The fourth-order valence-corrected chi connectivity index (χ4v) is 1.97. The van der Waals surface area contributed by atoms with Crippen molar-refractivity contribution in [2.24, 2.45) is 0 Å². The van der Waals surface area contributed by atoms with Gasteiger partial charge in [-0.1, -0.05) is 72.8 Å². The molecular weight excluding hydrogens is 232 g/mol. The quantitative estimate of drug-likeness (QED) is 0.793. The van der Waals surface area contributed by atoms with E-state index in [1.165, 1.54) is 0 Å². The number of hydrogen-bond acceptors (Lipinski definition) is 1. The standard InChI is InChI=1S/C18H18O/c1-2-17(19)13-14-18(15-9-5-3-6-10-15)16-11-7-4-8-12-16/h2-12,14,17,19H,1,13H2/t17-/m1/s1. The fourth-order valence-electron chi connectivity index (χ4n) is 1.97. The Hall–Kier alpha value is -2.12. The van der Waals surface area contributed by atoms with Crippen molar-refractivity contribution in [1.29, 1.82) is 0 Å². The van der Waals surface area contributed by atoms with E-state index in [2.05, 4.69) is 36.9 Å². The van der Waals surface area contributed by atoms with Gasteiger partial charge in [0.25, 0.3) is 0 Å². The van der Waals surface area contributed by atoms with Crippen LogP contribution in [0.25, 0.3) is 5.57 Å². The Morgan fingerprint density at radius 2 is 1.42 bits per heavy atom. The molecule has 19 heavy (non-hydrogen) atoms. The zero-order chi connectivity index (χ0) is 13.5. The molecule has 0 aliphatic carbocycles. The highest BCUT2D eigenvalue weighted by atomic mass is 16.3. The zero-order valence-electron chi connectivity index (χ0n) is 10.9. The van der Waals surface area contributed by atoms with E-state index in [9.17, 15) is 5.11 Å². The van der Waals surface area contributed by atoms with Gasteiger partial charge in [-0.25, -0.2) is 0 Å². The SMILES string of the molecule is C=C[C@@H](O)CC=C(c1ccccc1)c1ccccc1. The van der Waals surface area contributed by atoms with Crippen molar-refractivity contribution < 1.29 is 5.11 Å². The minimum atomic E-state index is -0.498. The Balaban J connectivity index is 2.37. The van der Waals surface area contributed by atoms with E-state index in [1.807, 2.05) is 36.4 Å². The summed E-state index contributed by atoms with van der Waals surface area (Å²) in [5.41, 5.74) is 3.46. The molecule has 0 heterocycles. The summed E-state index contributed by atoms with van der Waals surface area (Å²) in [6.45, 7) is 3.60. The smallest absolute Gasteiger partial charge is 0.0753 e. The van der Waals surface area contributed by atoms with Crippen molar-refractivity contribution in [2.75, 3.05) is 0 Å². The molecule has 1 nitrogen and oxygen atoms in total. The maximum absolute atomic E-state index is 9.64. The van der Waals surface area contributed by atoms with Gasteiger partial charge in [-0.05, 0) is 23.1 Å². The lowest BCUT2D eigenvalue weighted by Crippen LogP contribution is -1.99. The van der Waals surface area contributed by atoms with Crippen molar-refractivity contribution in [3.63, 3.8) is 0 Å². The first-order valence-corrected chi connectivity index (χ1v) is 6.43. The Labute approximate surface area is 114 Å². The second-order valence-electron chi connectivity index (χ2n) is 4.39. The van der Waals surface area contributed by atoms with Gasteiger partial charge < -0.3 is 5.11 Å². The molecule has 0 amide bonds. The van der Waals surface area contributed by atoms with Crippen LogP contribution in [0, 0.1) is 0 Å². The first kappa shape index (κ1) is 13.3. The van der Waals surface area contributed by atoms with Crippen LogP contribution in [0.1, 0.15) is 17.5 Å². The number of hydrogen-bond donors (Lipinski definition) is 1. The molecule has 1 heteroatoms. The maximum Gasteiger partial charge on any atom is 0.0753 e. The molecule has 2 aromatic carbocycles. The summed E-state index contributed by atoms with van der Waals surface area (Å²) in [5.74, 6) is 0. The zero-order valence-corrected chi connectivity index (χ0v) is 10.9. The summed E-state index contributed by atoms with van der Waals surface area (Å²) in [6, 6.07) is 20.4. The van der Waals surface area contributed by atoms with Crippen LogP contribution in [0.3, 0.4) is 0 Å². The van der Waals surface area contributed by atoms with Crippen molar-refractivity contribution >= 4 is 5.57 Å². The van der Waals surface area contributed by atoms with E-state index in [0.717, 1.165) is 16.7 Å². The van der Waals surface area contributed by atoms with Crippen LogP contribution in [0.2, 0.25) is 0 Å². The van der Waals surface area contributed by atoms with Gasteiger partial charge in [-0.3, -0.25) is 0 Å². The van der Waals surface area contributed by atoms with Crippen LogP contribution in [0.4, 0.5) is 0 Å². The minimum Gasteiger partial charge on any atom is -0.389 e. The summed E-state index contributed by atoms with van der Waals surface area (Å²) in [7, 11) is 0. The normalized spacial score (nSPS) is 11.6. The van der Waals surface area contributed by atoms with Crippen LogP contribution in [-0.4, -0.2) is 11.2 Å². The van der Waals surface area contributed by atoms with Gasteiger partial charge in [0, 0.05) is 0 Å². The highest BCUT2D eigenvalue weighted by Crippen LogP contribution is 2.23. The maximum atomic E-state index is 9.64. The third-order valence-electron chi connectivity index (χ3n) is 3.01. The third-order valence-corrected chi connectivity index (χ3v) is 3.01. The molecule has 0 saturated carbocycles. The molecule has 1 N–H and O–H groups in total. The van der Waals surface area contributed by atoms with Gasteiger partial charge in [0.15, 0.2) is 0 Å². The molecule has 1 atom stereocenters. The Morgan fingerprint density at radius 1 is 0.947 bits per heavy atom. The monoisotopic (exact) mass is 250 g/mol. The van der Waals surface area contributed by atoms with E-state index in [4.69, 9.17) is 0 Å². The van der Waals surface area contributed by atoms with Gasteiger partial charge in [-0.2, -0.15) is 0 Å². The fraction of sp³-hybridized carbons (Fsp3) is 0.111. The van der Waals surface area contributed by atoms with Crippen LogP contribution in [0.15, 0.2) is 79.4 Å². The highest BCUT2D eigenvalue weighted by molar-refractivity contribution is 5.79. The molecule has 0 radical (unpaired) electrons. The van der Waals surface area contributed by atoms with Gasteiger partial charge in [0.1, 0.15) is 0 Å². The lowest BCUT2D eigenvalue weighted by molar-refractivity contribution is 0.227. The molecule has 2 rings (SSSR count). The first-order valence-electron chi connectivity index (χ1n) is 6.43. The number of benzene rings is 2. The van der Waals surface area contributed by atoms with Crippen LogP contribution < -0.4 is 0 Å². The van der Waals surface area contributed by atoms with E-state index in [1.54, 1.807) is 6.08 Å². The predicted octanol–water partition coefficient (Wildman–Crippen LogP) is 4.06. The van der Waals surface area contributed by atoms with Crippen LogP contribution in [0.5, 0.6) is 0 Å². The molecule has 96 valence electrons. The lowest BCUT2D eigenvalue weighted by Gasteiger charge is -2.09. The Kier molecular flexibility index (Phi) is 4.71. The second kappa shape index (κ2) is 6.72. The topological polar surface area (TPSA) is 20.2 Å². The van der Waals surface area contributed by atoms with Gasteiger partial charge >= 0.3 is 0 Å². The predicted molar refractivity (Wildman–Crippen MR) is 80.8 cm³/mol. The van der Waals surface area contributed by atoms with E-state index in [0.29, 0.717) is 6.42 Å². The summed E-state index contributed by atoms with van der Waals surface area (Å²) in [4.78, 5) is 0. The summed E-state index contributed by atoms with van der Waals surface area (Å²) < 4.78 is 0. The van der Waals surface area contributed by atoms with E-state index >= 15 is 0 Å². The van der Waals surface area contributed by atoms with Gasteiger partial charge in [0.05, 0.1) is 6.10 Å². The molecule has 2 aromatic rings. The lowest BCUT2D eigenvalue weighted by atomic mass is 9.96. The number of rotatable bonds is 5. The van der Waals surface area contributed by atoms with Gasteiger partial charge in [0.2, 0.25) is 0 Å². The summed E-state index contributed by atoms with van der Waals surface area (Å²) >= 11 is 0. The van der Waals surface area contributed by atoms with Crippen molar-refractivity contribution in [3.05, 3.63) is 90.5 Å². The van der Waals surface area contributed by atoms with Crippen LogP contribution >= 0.6 is 0 Å². The number of aliphatic hydroxyl groups excluding tert-OH is 1. The van der Waals surface area contributed by atoms with Crippen molar-refractivity contribution in [1.82, 2.24) is 0 Å².